The molecule has 2 saturated carbocycles. The smallest absolute Gasteiger partial charge is 0.315 e. The molecule has 25 heavy (non-hydrogen) atoms. The van der Waals surface area contributed by atoms with Crippen molar-refractivity contribution in [3.8, 4) is 0 Å². The van der Waals surface area contributed by atoms with E-state index in [1.807, 2.05) is 28.8 Å². The van der Waals surface area contributed by atoms with E-state index in [-0.39, 0.29) is 18.0 Å². The molecule has 0 aromatic carbocycles. The summed E-state index contributed by atoms with van der Waals surface area (Å²) in [5.41, 5.74) is 0.799. The van der Waals surface area contributed by atoms with Crippen molar-refractivity contribution in [3.05, 3.63) is 30.2 Å². The molecular formula is C19H27N5O. The molecule has 0 aliphatic heterocycles. The molecule has 0 spiro atoms. The lowest BCUT2D eigenvalue weighted by molar-refractivity contribution is 0.228. The van der Waals surface area contributed by atoms with Crippen LogP contribution in [0.5, 0.6) is 0 Å². The predicted molar refractivity (Wildman–Crippen MR) is 96.0 cm³/mol. The van der Waals surface area contributed by atoms with Crippen LogP contribution in [0.1, 0.15) is 51.4 Å². The Kier molecular flexibility index (Phi) is 4.36. The van der Waals surface area contributed by atoms with Crippen LogP contribution in [0.3, 0.4) is 0 Å². The number of amides is 2. The van der Waals surface area contributed by atoms with E-state index in [9.17, 15) is 4.79 Å². The number of hydrogen-bond donors (Lipinski definition) is 2. The third-order valence-electron chi connectivity index (χ3n) is 5.52. The van der Waals surface area contributed by atoms with Gasteiger partial charge in [0.1, 0.15) is 0 Å². The highest BCUT2D eigenvalue weighted by molar-refractivity contribution is 5.74. The first-order chi connectivity index (χ1) is 12.1. The quantitative estimate of drug-likeness (QED) is 0.812. The standard InChI is InChI=1S/C19H27N5O/c1-12(2)17(18-23-22-16-5-3-4-10-24(16)18)21-19(25)20-11-15(13-6-7-13)14-8-9-14/h3-5,10,12-15,17H,6-9,11H2,1-2H3,(H2,20,21,25)/t17-/m1/s1. The predicted octanol–water partition coefficient (Wildman–Crippen LogP) is 3.16. The van der Waals surface area contributed by atoms with Crippen molar-refractivity contribution in [1.29, 1.82) is 0 Å². The average Bonchev–Trinajstić information content (AvgIpc) is 3.52. The molecule has 2 heterocycles. The highest BCUT2D eigenvalue weighted by atomic mass is 16.2. The summed E-state index contributed by atoms with van der Waals surface area (Å²) in [6.45, 7) is 4.98. The molecule has 0 unspecified atom stereocenters. The van der Waals surface area contributed by atoms with Crippen molar-refractivity contribution in [2.24, 2.45) is 23.7 Å². The number of nitrogens with one attached hydrogen (secondary N) is 2. The van der Waals surface area contributed by atoms with Crippen LogP contribution in [0.4, 0.5) is 4.79 Å². The van der Waals surface area contributed by atoms with E-state index in [0.717, 1.165) is 29.9 Å². The number of carbonyl (C=O) groups is 1. The number of urea groups is 1. The highest BCUT2D eigenvalue weighted by Crippen LogP contribution is 2.48. The number of aromatic nitrogens is 3. The second-order valence-electron chi connectivity index (χ2n) is 7.90. The van der Waals surface area contributed by atoms with E-state index < -0.39 is 0 Å². The van der Waals surface area contributed by atoms with Gasteiger partial charge in [-0.05, 0) is 61.5 Å². The number of hydrogen-bond acceptors (Lipinski definition) is 3. The molecule has 2 aromatic heterocycles. The summed E-state index contributed by atoms with van der Waals surface area (Å²) in [7, 11) is 0. The second-order valence-corrected chi connectivity index (χ2v) is 7.90. The first-order valence-electron chi connectivity index (χ1n) is 9.47. The fourth-order valence-electron chi connectivity index (χ4n) is 3.77. The number of nitrogens with zero attached hydrogens (tertiary/aromatic N) is 3. The van der Waals surface area contributed by atoms with Gasteiger partial charge in [0.2, 0.25) is 0 Å². The summed E-state index contributed by atoms with van der Waals surface area (Å²) in [6.07, 6.45) is 7.29. The zero-order chi connectivity index (χ0) is 17.4. The number of fused-ring (bicyclic) bond motifs is 1. The summed E-state index contributed by atoms with van der Waals surface area (Å²) < 4.78 is 1.95. The van der Waals surface area contributed by atoms with Gasteiger partial charge in [-0.3, -0.25) is 4.40 Å². The topological polar surface area (TPSA) is 71.3 Å². The van der Waals surface area contributed by atoms with Crippen LogP contribution in [-0.4, -0.2) is 27.2 Å². The Balaban J connectivity index is 1.41. The minimum Gasteiger partial charge on any atom is -0.338 e. The summed E-state index contributed by atoms with van der Waals surface area (Å²) in [4.78, 5) is 12.5. The van der Waals surface area contributed by atoms with Crippen LogP contribution in [0, 0.1) is 23.7 Å². The molecule has 134 valence electrons. The van der Waals surface area contributed by atoms with Crippen LogP contribution in [0.2, 0.25) is 0 Å². The Morgan fingerprint density at radius 2 is 1.92 bits per heavy atom. The number of pyridine rings is 1. The average molecular weight is 341 g/mol. The Morgan fingerprint density at radius 3 is 2.56 bits per heavy atom. The van der Waals surface area contributed by atoms with E-state index in [1.54, 1.807) is 0 Å². The van der Waals surface area contributed by atoms with Crippen molar-refractivity contribution in [3.63, 3.8) is 0 Å². The molecule has 2 aliphatic carbocycles. The Bertz CT molecular complexity index is 735. The summed E-state index contributed by atoms with van der Waals surface area (Å²) in [5.74, 6) is 3.36. The zero-order valence-electron chi connectivity index (χ0n) is 15.0. The van der Waals surface area contributed by atoms with E-state index in [1.165, 1.54) is 25.7 Å². The molecule has 6 nitrogen and oxygen atoms in total. The van der Waals surface area contributed by atoms with Gasteiger partial charge < -0.3 is 10.6 Å². The molecule has 4 rings (SSSR count). The van der Waals surface area contributed by atoms with Gasteiger partial charge in [0.15, 0.2) is 11.5 Å². The monoisotopic (exact) mass is 341 g/mol. The van der Waals surface area contributed by atoms with Gasteiger partial charge in [0, 0.05) is 12.7 Å². The normalized spacial score (nSPS) is 18.7. The molecule has 2 N–H and O–H groups in total. The van der Waals surface area contributed by atoms with Gasteiger partial charge in [-0.2, -0.15) is 0 Å². The Labute approximate surface area is 148 Å². The highest BCUT2D eigenvalue weighted by Gasteiger charge is 2.41. The maximum atomic E-state index is 12.5. The first kappa shape index (κ1) is 16.4. The third-order valence-corrected chi connectivity index (χ3v) is 5.52. The van der Waals surface area contributed by atoms with Crippen LogP contribution in [0.15, 0.2) is 24.4 Å². The lowest BCUT2D eigenvalue weighted by Gasteiger charge is -2.22. The third kappa shape index (κ3) is 3.62. The van der Waals surface area contributed by atoms with Crippen molar-refractivity contribution >= 4 is 11.7 Å². The van der Waals surface area contributed by atoms with Crippen molar-refractivity contribution in [2.75, 3.05) is 6.54 Å². The first-order valence-corrected chi connectivity index (χ1v) is 9.47. The second kappa shape index (κ2) is 6.65. The summed E-state index contributed by atoms with van der Waals surface area (Å²) >= 11 is 0. The van der Waals surface area contributed by atoms with Gasteiger partial charge >= 0.3 is 6.03 Å². The van der Waals surface area contributed by atoms with E-state index in [0.29, 0.717) is 5.92 Å². The summed E-state index contributed by atoms with van der Waals surface area (Å²) in [5, 5.41) is 14.7. The maximum Gasteiger partial charge on any atom is 0.315 e. The molecule has 2 aliphatic rings. The zero-order valence-corrected chi connectivity index (χ0v) is 15.0. The van der Waals surface area contributed by atoms with Gasteiger partial charge in [-0.25, -0.2) is 4.79 Å². The van der Waals surface area contributed by atoms with Crippen LogP contribution in [0.25, 0.3) is 5.65 Å². The molecule has 1 atom stereocenters. The fraction of sp³-hybridized carbons (Fsp3) is 0.632. The van der Waals surface area contributed by atoms with Crippen LogP contribution < -0.4 is 10.6 Å². The van der Waals surface area contributed by atoms with Gasteiger partial charge in [0.05, 0.1) is 6.04 Å². The van der Waals surface area contributed by atoms with Crippen molar-refractivity contribution < 1.29 is 4.79 Å². The minimum atomic E-state index is -0.169. The van der Waals surface area contributed by atoms with Crippen molar-refractivity contribution in [1.82, 2.24) is 25.2 Å². The number of carbonyl (C=O) groups excluding carboxylic acids is 1. The van der Waals surface area contributed by atoms with Crippen molar-refractivity contribution in [2.45, 2.75) is 45.6 Å². The van der Waals surface area contributed by atoms with E-state index in [4.69, 9.17) is 0 Å². The molecule has 2 amide bonds. The van der Waals surface area contributed by atoms with Gasteiger partial charge in [-0.1, -0.05) is 19.9 Å². The van der Waals surface area contributed by atoms with E-state index in [2.05, 4.69) is 34.7 Å². The lowest BCUT2D eigenvalue weighted by atomic mass is 9.98. The molecule has 2 fully saturated rings. The SMILES string of the molecule is CC(C)[C@@H](NC(=O)NCC(C1CC1)C1CC1)c1nnc2ccccn12. The lowest BCUT2D eigenvalue weighted by Crippen LogP contribution is -2.42. The van der Waals surface area contributed by atoms with E-state index >= 15 is 0 Å². The van der Waals surface area contributed by atoms with Gasteiger partial charge in [0.25, 0.3) is 0 Å². The molecule has 6 heteroatoms. The maximum absolute atomic E-state index is 12.5. The molecule has 2 aromatic rings. The Hall–Kier alpha value is -2.11. The van der Waals surface area contributed by atoms with Crippen LogP contribution >= 0.6 is 0 Å². The molecular weight excluding hydrogens is 314 g/mol. The largest absolute Gasteiger partial charge is 0.338 e. The molecule has 0 bridgehead atoms. The molecule has 0 radical (unpaired) electrons. The van der Waals surface area contributed by atoms with Crippen LogP contribution in [-0.2, 0) is 0 Å². The Morgan fingerprint density at radius 1 is 1.20 bits per heavy atom. The van der Waals surface area contributed by atoms with Gasteiger partial charge in [-0.15, -0.1) is 10.2 Å². The fourth-order valence-corrected chi connectivity index (χ4v) is 3.77. The molecule has 0 saturated heterocycles. The number of rotatable bonds is 7. The summed E-state index contributed by atoms with van der Waals surface area (Å²) in [6, 6.07) is 5.54. The minimum absolute atomic E-state index is 0.0994.